The van der Waals surface area contributed by atoms with Crippen LogP contribution in [0.2, 0.25) is 0 Å². The van der Waals surface area contributed by atoms with Crippen LogP contribution in [0.15, 0.2) is 71.2 Å². The molecule has 4 rings (SSSR count). The van der Waals surface area contributed by atoms with Crippen molar-refractivity contribution in [2.75, 3.05) is 14.2 Å². The molecule has 0 spiro atoms. The molecule has 0 N–H and O–H groups in total. The number of hydrogen-bond donors (Lipinski definition) is 0. The zero-order chi connectivity index (χ0) is 21.1. The first kappa shape index (κ1) is 20.3. The second-order valence-electron chi connectivity index (χ2n) is 6.48. The predicted octanol–water partition coefficient (Wildman–Crippen LogP) is 6.50. The number of nitrogens with zero attached hydrogens (tertiary/aromatic N) is 1. The van der Waals surface area contributed by atoms with E-state index in [1.54, 1.807) is 14.2 Å². The molecule has 30 heavy (non-hydrogen) atoms. The minimum absolute atomic E-state index is 0.0828. The van der Waals surface area contributed by atoms with Crippen LogP contribution in [0.5, 0.6) is 11.5 Å². The summed E-state index contributed by atoms with van der Waals surface area (Å²) in [5, 5.41) is 0.677. The van der Waals surface area contributed by atoms with Crippen molar-refractivity contribution in [1.29, 1.82) is 0 Å². The molecule has 0 saturated carbocycles. The van der Waals surface area contributed by atoms with Gasteiger partial charge in [0.1, 0.15) is 5.01 Å². The summed E-state index contributed by atoms with van der Waals surface area (Å²) in [6, 6.07) is 20.8. The maximum absolute atomic E-state index is 13.4. The van der Waals surface area contributed by atoms with Crippen molar-refractivity contribution >= 4 is 54.9 Å². The van der Waals surface area contributed by atoms with Crippen molar-refractivity contribution in [1.82, 2.24) is 4.98 Å². The van der Waals surface area contributed by atoms with Crippen molar-refractivity contribution < 1.29 is 14.3 Å². The van der Waals surface area contributed by atoms with E-state index in [4.69, 9.17) is 14.5 Å². The third kappa shape index (κ3) is 4.01. The predicted molar refractivity (Wildman–Crippen MR) is 126 cm³/mol. The number of Topliss-reactive ketones (excluding diaryl/α,β-unsaturated/α-hetero) is 1. The molecule has 4 nitrogen and oxygen atoms in total. The Kier molecular flexibility index (Phi) is 5.97. The lowest BCUT2D eigenvalue weighted by atomic mass is 10.0. The van der Waals surface area contributed by atoms with Gasteiger partial charge in [-0.1, -0.05) is 42.5 Å². The number of methoxy groups -OCH3 is 2. The number of benzene rings is 3. The Morgan fingerprint density at radius 1 is 1.00 bits per heavy atom. The van der Waals surface area contributed by atoms with E-state index >= 15 is 0 Å². The Morgan fingerprint density at radius 2 is 1.73 bits per heavy atom. The highest BCUT2D eigenvalue weighted by atomic mass is 79.9. The Bertz CT molecular complexity index is 1220. The van der Waals surface area contributed by atoms with Gasteiger partial charge in [0.05, 0.1) is 34.5 Å². The Hall–Kier alpha value is -2.96. The zero-order valence-electron chi connectivity index (χ0n) is 16.4. The molecule has 0 aliphatic heterocycles. The average Bonchev–Trinajstić information content (AvgIpc) is 3.21. The number of carbonyl (C=O) groups is 1. The Labute approximate surface area is 186 Å². The number of hydrogen-bond acceptors (Lipinski definition) is 5. The molecule has 0 fully saturated rings. The number of thiazole rings is 1. The van der Waals surface area contributed by atoms with Gasteiger partial charge in [0.25, 0.3) is 0 Å². The monoisotopic (exact) mass is 479 g/mol. The van der Waals surface area contributed by atoms with E-state index < -0.39 is 0 Å². The zero-order valence-corrected chi connectivity index (χ0v) is 18.8. The smallest absolute Gasteiger partial charge is 0.196 e. The molecule has 4 aromatic rings. The van der Waals surface area contributed by atoms with E-state index in [0.717, 1.165) is 20.3 Å². The molecule has 0 saturated heterocycles. The SMILES string of the molecule is COc1cc(C=C(C(=O)c2ccccc2)c2nc3ccccc3s2)cc(Br)c1OC. The minimum Gasteiger partial charge on any atom is -0.493 e. The summed E-state index contributed by atoms with van der Waals surface area (Å²) in [7, 11) is 3.17. The van der Waals surface area contributed by atoms with Crippen LogP contribution >= 0.6 is 27.3 Å². The molecule has 0 bridgehead atoms. The number of allylic oxidation sites excluding steroid dienone is 1. The van der Waals surface area contributed by atoms with Crippen molar-refractivity contribution in [2.24, 2.45) is 0 Å². The minimum atomic E-state index is -0.0828. The highest BCUT2D eigenvalue weighted by molar-refractivity contribution is 9.10. The molecule has 0 amide bonds. The molecular formula is C24H18BrNO3S. The normalized spacial score (nSPS) is 11.5. The molecule has 6 heteroatoms. The summed E-state index contributed by atoms with van der Waals surface area (Å²) in [5.74, 6) is 1.10. The molecule has 0 unspecified atom stereocenters. The Morgan fingerprint density at radius 3 is 2.43 bits per heavy atom. The standard InChI is InChI=1S/C24H18BrNO3S/c1-28-20-14-15(13-18(25)23(20)29-2)12-17(22(27)16-8-4-3-5-9-16)24-26-19-10-6-7-11-21(19)30-24/h3-14H,1-2H3. The lowest BCUT2D eigenvalue weighted by molar-refractivity contribution is 0.105. The van der Waals surface area contributed by atoms with E-state index in [9.17, 15) is 4.79 Å². The second-order valence-corrected chi connectivity index (χ2v) is 8.36. The van der Waals surface area contributed by atoms with Gasteiger partial charge in [-0.15, -0.1) is 11.3 Å². The van der Waals surface area contributed by atoms with Gasteiger partial charge in [-0.25, -0.2) is 4.98 Å². The molecular weight excluding hydrogens is 462 g/mol. The third-order valence-electron chi connectivity index (χ3n) is 4.57. The first-order valence-electron chi connectivity index (χ1n) is 9.19. The number of fused-ring (bicyclic) bond motifs is 1. The van der Waals surface area contributed by atoms with Gasteiger partial charge >= 0.3 is 0 Å². The fourth-order valence-electron chi connectivity index (χ4n) is 3.14. The first-order chi connectivity index (χ1) is 14.6. The van der Waals surface area contributed by atoms with Gasteiger partial charge in [0.2, 0.25) is 0 Å². The first-order valence-corrected chi connectivity index (χ1v) is 10.8. The van der Waals surface area contributed by atoms with Gasteiger partial charge in [-0.2, -0.15) is 0 Å². The van der Waals surface area contributed by atoms with Crippen LogP contribution in [0.4, 0.5) is 0 Å². The van der Waals surface area contributed by atoms with Crippen LogP contribution in [-0.4, -0.2) is 25.0 Å². The summed E-state index contributed by atoms with van der Waals surface area (Å²) in [6.07, 6.45) is 1.85. The van der Waals surface area contributed by atoms with E-state index in [2.05, 4.69) is 15.9 Å². The molecule has 0 aliphatic rings. The summed E-state index contributed by atoms with van der Waals surface area (Å²) in [4.78, 5) is 18.1. The van der Waals surface area contributed by atoms with E-state index in [0.29, 0.717) is 27.6 Å². The van der Waals surface area contributed by atoms with Crippen molar-refractivity contribution in [3.05, 3.63) is 87.3 Å². The number of carbonyl (C=O) groups excluding carboxylic acids is 1. The Balaban J connectivity index is 1.89. The quantitative estimate of drug-likeness (QED) is 0.234. The van der Waals surface area contributed by atoms with E-state index in [1.807, 2.05) is 72.8 Å². The molecule has 0 aliphatic carbocycles. The topological polar surface area (TPSA) is 48.4 Å². The second kappa shape index (κ2) is 8.81. The molecule has 0 atom stereocenters. The molecule has 1 heterocycles. The van der Waals surface area contributed by atoms with Crippen molar-refractivity contribution in [3.63, 3.8) is 0 Å². The van der Waals surface area contributed by atoms with Crippen LogP contribution in [0, 0.1) is 0 Å². The summed E-state index contributed by atoms with van der Waals surface area (Å²) in [6.45, 7) is 0. The maximum atomic E-state index is 13.4. The van der Waals surface area contributed by atoms with Gasteiger partial charge < -0.3 is 9.47 Å². The molecule has 0 radical (unpaired) electrons. The number of aromatic nitrogens is 1. The lowest BCUT2D eigenvalue weighted by Crippen LogP contribution is -2.02. The summed E-state index contributed by atoms with van der Waals surface area (Å²) in [5.41, 5.74) is 2.82. The van der Waals surface area contributed by atoms with Crippen LogP contribution in [0.1, 0.15) is 20.9 Å². The fourth-order valence-corrected chi connectivity index (χ4v) is 4.75. The number of ketones is 1. The number of halogens is 1. The van der Waals surface area contributed by atoms with E-state index in [1.165, 1.54) is 11.3 Å². The highest BCUT2D eigenvalue weighted by Gasteiger charge is 2.19. The number of rotatable bonds is 6. The number of ether oxygens (including phenoxy) is 2. The lowest BCUT2D eigenvalue weighted by Gasteiger charge is -2.11. The van der Waals surface area contributed by atoms with Crippen LogP contribution in [0.3, 0.4) is 0 Å². The number of para-hydroxylation sites is 1. The van der Waals surface area contributed by atoms with Gasteiger partial charge in [0, 0.05) is 5.56 Å². The van der Waals surface area contributed by atoms with Crippen molar-refractivity contribution in [2.45, 2.75) is 0 Å². The van der Waals surface area contributed by atoms with Gasteiger partial charge in [-0.3, -0.25) is 4.79 Å². The average molecular weight is 480 g/mol. The molecule has 150 valence electrons. The van der Waals surface area contributed by atoms with Crippen LogP contribution < -0.4 is 9.47 Å². The molecule has 1 aromatic heterocycles. The molecule has 3 aromatic carbocycles. The largest absolute Gasteiger partial charge is 0.493 e. The van der Waals surface area contributed by atoms with Crippen LogP contribution in [0.25, 0.3) is 21.9 Å². The summed E-state index contributed by atoms with van der Waals surface area (Å²) < 4.78 is 12.6. The van der Waals surface area contributed by atoms with Crippen LogP contribution in [-0.2, 0) is 0 Å². The fraction of sp³-hybridized carbons (Fsp3) is 0.0833. The third-order valence-corrected chi connectivity index (χ3v) is 6.23. The van der Waals surface area contributed by atoms with Gasteiger partial charge in [0.15, 0.2) is 17.3 Å². The van der Waals surface area contributed by atoms with E-state index in [-0.39, 0.29) is 5.78 Å². The maximum Gasteiger partial charge on any atom is 0.196 e. The van der Waals surface area contributed by atoms with Gasteiger partial charge in [-0.05, 0) is 51.8 Å². The summed E-state index contributed by atoms with van der Waals surface area (Å²) >= 11 is 5.02. The highest BCUT2D eigenvalue weighted by Crippen LogP contribution is 2.38. The van der Waals surface area contributed by atoms with Crippen molar-refractivity contribution in [3.8, 4) is 11.5 Å².